The Bertz CT molecular complexity index is 1600. The molecule has 0 bridgehead atoms. The molecule has 42 heavy (non-hydrogen) atoms. The van der Waals surface area contributed by atoms with Crippen molar-refractivity contribution in [2.45, 2.75) is 13.1 Å². The van der Waals surface area contributed by atoms with E-state index in [1.54, 1.807) is 62.8 Å². The fourth-order valence-corrected chi connectivity index (χ4v) is 6.19. The van der Waals surface area contributed by atoms with Crippen LogP contribution < -0.4 is 18.1 Å². The summed E-state index contributed by atoms with van der Waals surface area (Å²) in [5, 5.41) is 0. The molecule has 0 amide bonds. The van der Waals surface area contributed by atoms with Crippen LogP contribution >= 0.6 is 0 Å². The summed E-state index contributed by atoms with van der Waals surface area (Å²) >= 11 is 0. The molecule has 0 aliphatic carbocycles. The molecule has 0 fully saturated rings. The second kappa shape index (κ2) is 12.7. The summed E-state index contributed by atoms with van der Waals surface area (Å²) in [7, 11) is -3.94. The van der Waals surface area contributed by atoms with Crippen molar-refractivity contribution in [1.29, 1.82) is 0 Å². The predicted octanol–water partition coefficient (Wildman–Crippen LogP) is 5.70. The van der Waals surface area contributed by atoms with E-state index in [1.807, 2.05) is 48.5 Å². The zero-order chi connectivity index (χ0) is 30.5. The standard InChI is InChI=1S/C32H34N2O6S2/c1-24(27-10-14-29(15-11-27)33(41(4,35)36)22-25-6-18-31(39-2)19-7-25)28-12-16-30(17-13-28)34(42(5,37)38)23-26-8-20-32(40-3)21-9-26/h6-21H,1,22-23H2,2-5H3. The maximum Gasteiger partial charge on any atom is 0.232 e. The number of nitrogens with zero attached hydrogens (tertiary/aromatic N) is 2. The molecule has 220 valence electrons. The van der Waals surface area contributed by atoms with Gasteiger partial charge in [-0.15, -0.1) is 0 Å². The lowest BCUT2D eigenvalue weighted by atomic mass is 9.99. The Hall–Kier alpha value is -4.28. The van der Waals surface area contributed by atoms with E-state index in [2.05, 4.69) is 6.58 Å². The van der Waals surface area contributed by atoms with Crippen molar-refractivity contribution in [3.8, 4) is 11.5 Å². The van der Waals surface area contributed by atoms with Gasteiger partial charge in [0.15, 0.2) is 0 Å². The third-order valence-electron chi connectivity index (χ3n) is 6.78. The average Bonchev–Trinajstić information content (AvgIpc) is 2.98. The normalized spacial score (nSPS) is 11.5. The Labute approximate surface area is 248 Å². The zero-order valence-corrected chi connectivity index (χ0v) is 25.7. The van der Waals surface area contributed by atoms with Gasteiger partial charge in [-0.05, 0) is 76.4 Å². The minimum Gasteiger partial charge on any atom is -0.497 e. The van der Waals surface area contributed by atoms with Crippen LogP contribution in [0.1, 0.15) is 22.3 Å². The number of sulfonamides is 2. The highest BCUT2D eigenvalue weighted by Crippen LogP contribution is 2.29. The first-order valence-corrected chi connectivity index (χ1v) is 16.7. The van der Waals surface area contributed by atoms with Crippen LogP contribution in [0.3, 0.4) is 0 Å². The summed E-state index contributed by atoms with van der Waals surface area (Å²) in [4.78, 5) is 0. The summed E-state index contributed by atoms with van der Waals surface area (Å²) in [6.45, 7) is 4.58. The molecule has 8 nitrogen and oxygen atoms in total. The highest BCUT2D eigenvalue weighted by Gasteiger charge is 2.20. The van der Waals surface area contributed by atoms with E-state index < -0.39 is 20.0 Å². The second-order valence-corrected chi connectivity index (χ2v) is 13.6. The lowest BCUT2D eigenvalue weighted by Gasteiger charge is -2.23. The van der Waals surface area contributed by atoms with Crippen molar-refractivity contribution in [3.05, 3.63) is 126 Å². The molecule has 4 aromatic carbocycles. The molecule has 0 unspecified atom stereocenters. The van der Waals surface area contributed by atoms with E-state index in [4.69, 9.17) is 9.47 Å². The molecule has 0 spiro atoms. The van der Waals surface area contributed by atoms with Gasteiger partial charge in [0.05, 0.1) is 51.2 Å². The van der Waals surface area contributed by atoms with Gasteiger partial charge >= 0.3 is 0 Å². The molecule has 0 aliphatic heterocycles. The molecule has 0 radical (unpaired) electrons. The molecule has 0 saturated heterocycles. The molecule has 0 atom stereocenters. The highest BCUT2D eigenvalue weighted by molar-refractivity contribution is 7.92. The van der Waals surface area contributed by atoms with Crippen LogP contribution in [0.15, 0.2) is 104 Å². The number of methoxy groups -OCH3 is 2. The van der Waals surface area contributed by atoms with E-state index in [0.717, 1.165) is 27.8 Å². The quantitative estimate of drug-likeness (QED) is 0.206. The Balaban J connectivity index is 1.52. The largest absolute Gasteiger partial charge is 0.497 e. The SMILES string of the molecule is C=C(c1ccc(N(Cc2ccc(OC)cc2)S(C)(=O)=O)cc1)c1ccc(N(Cc2ccc(OC)cc2)S(C)(=O)=O)cc1. The topological polar surface area (TPSA) is 93.2 Å². The minimum absolute atomic E-state index is 0.179. The van der Waals surface area contributed by atoms with Crippen molar-refractivity contribution in [1.82, 2.24) is 0 Å². The summed E-state index contributed by atoms with van der Waals surface area (Å²) in [6, 6.07) is 28.8. The summed E-state index contributed by atoms with van der Waals surface area (Å²) in [5.41, 5.74) is 5.04. The van der Waals surface area contributed by atoms with Crippen LogP contribution in [0.4, 0.5) is 11.4 Å². The number of hydrogen-bond acceptors (Lipinski definition) is 6. The maximum atomic E-state index is 12.6. The fourth-order valence-electron chi connectivity index (χ4n) is 4.42. The number of rotatable bonds is 12. The summed E-state index contributed by atoms with van der Waals surface area (Å²) < 4.78 is 63.6. The lowest BCUT2D eigenvalue weighted by Crippen LogP contribution is -2.29. The van der Waals surface area contributed by atoms with Crippen LogP contribution in [0.25, 0.3) is 5.57 Å². The van der Waals surface area contributed by atoms with Crippen LogP contribution in [0, 0.1) is 0 Å². The van der Waals surface area contributed by atoms with Crippen molar-refractivity contribution >= 4 is 37.0 Å². The number of hydrogen-bond donors (Lipinski definition) is 0. The van der Waals surface area contributed by atoms with E-state index in [-0.39, 0.29) is 13.1 Å². The Kier molecular flexibility index (Phi) is 9.28. The highest BCUT2D eigenvalue weighted by atomic mass is 32.2. The second-order valence-electron chi connectivity index (χ2n) is 9.81. The lowest BCUT2D eigenvalue weighted by molar-refractivity contribution is 0.414. The van der Waals surface area contributed by atoms with E-state index in [1.165, 1.54) is 21.1 Å². The first kappa shape index (κ1) is 30.7. The Morgan fingerprint density at radius 3 is 1.14 bits per heavy atom. The van der Waals surface area contributed by atoms with Gasteiger partial charge in [-0.1, -0.05) is 55.1 Å². The molecular weight excluding hydrogens is 572 g/mol. The summed E-state index contributed by atoms with van der Waals surface area (Å²) in [5.74, 6) is 1.39. The smallest absolute Gasteiger partial charge is 0.232 e. The molecular formula is C32H34N2O6S2. The van der Waals surface area contributed by atoms with Crippen LogP contribution in [-0.4, -0.2) is 43.6 Å². The first-order valence-electron chi connectivity index (χ1n) is 13.0. The average molecular weight is 607 g/mol. The zero-order valence-electron chi connectivity index (χ0n) is 24.0. The summed E-state index contributed by atoms with van der Waals surface area (Å²) in [6.07, 6.45) is 2.36. The predicted molar refractivity (Wildman–Crippen MR) is 169 cm³/mol. The van der Waals surface area contributed by atoms with Gasteiger partial charge in [0, 0.05) is 0 Å². The van der Waals surface area contributed by atoms with E-state index in [9.17, 15) is 16.8 Å². The van der Waals surface area contributed by atoms with E-state index >= 15 is 0 Å². The van der Waals surface area contributed by atoms with Gasteiger partial charge in [-0.3, -0.25) is 8.61 Å². The van der Waals surface area contributed by atoms with Gasteiger partial charge in [-0.25, -0.2) is 16.8 Å². The van der Waals surface area contributed by atoms with Crippen molar-refractivity contribution in [3.63, 3.8) is 0 Å². The number of ether oxygens (including phenoxy) is 2. The van der Waals surface area contributed by atoms with Crippen molar-refractivity contribution < 1.29 is 26.3 Å². The molecule has 4 rings (SSSR count). The number of anilines is 2. The van der Waals surface area contributed by atoms with Crippen LogP contribution in [0.2, 0.25) is 0 Å². The fraction of sp³-hybridized carbons (Fsp3) is 0.188. The maximum absolute atomic E-state index is 12.6. The number of benzene rings is 4. The minimum atomic E-state index is -3.55. The van der Waals surface area contributed by atoms with Gasteiger partial charge < -0.3 is 9.47 Å². The van der Waals surface area contributed by atoms with Crippen molar-refractivity contribution in [2.75, 3.05) is 35.3 Å². The first-order chi connectivity index (χ1) is 19.9. The van der Waals surface area contributed by atoms with Crippen LogP contribution in [-0.2, 0) is 33.1 Å². The molecule has 0 N–H and O–H groups in total. The van der Waals surface area contributed by atoms with Gasteiger partial charge in [0.1, 0.15) is 11.5 Å². The van der Waals surface area contributed by atoms with E-state index in [0.29, 0.717) is 22.9 Å². The Morgan fingerprint density at radius 2 is 0.881 bits per heavy atom. The monoisotopic (exact) mass is 606 g/mol. The third kappa shape index (κ3) is 7.51. The van der Waals surface area contributed by atoms with Gasteiger partial charge in [-0.2, -0.15) is 0 Å². The van der Waals surface area contributed by atoms with Gasteiger partial charge in [0.25, 0.3) is 0 Å². The Morgan fingerprint density at radius 1 is 0.571 bits per heavy atom. The molecule has 0 heterocycles. The van der Waals surface area contributed by atoms with Crippen LogP contribution in [0.5, 0.6) is 11.5 Å². The van der Waals surface area contributed by atoms with Gasteiger partial charge in [0.2, 0.25) is 20.0 Å². The third-order valence-corrected chi connectivity index (χ3v) is 9.06. The molecule has 4 aromatic rings. The molecule has 0 aromatic heterocycles. The van der Waals surface area contributed by atoms with Crippen molar-refractivity contribution in [2.24, 2.45) is 0 Å². The molecule has 0 saturated carbocycles. The molecule has 0 aliphatic rings. The molecule has 10 heteroatoms.